The van der Waals surface area contributed by atoms with Crippen molar-refractivity contribution in [1.82, 2.24) is 5.32 Å². The van der Waals surface area contributed by atoms with Gasteiger partial charge in [0.15, 0.2) is 0 Å². The quantitative estimate of drug-likeness (QED) is 0.409. The van der Waals surface area contributed by atoms with E-state index in [0.29, 0.717) is 0 Å². The van der Waals surface area contributed by atoms with E-state index in [1.54, 1.807) is 0 Å². The fourth-order valence-corrected chi connectivity index (χ4v) is 1.35. The summed E-state index contributed by atoms with van der Waals surface area (Å²) >= 11 is 0. The van der Waals surface area contributed by atoms with Gasteiger partial charge in [0.2, 0.25) is 5.91 Å². The number of amides is 1. The van der Waals surface area contributed by atoms with E-state index in [-0.39, 0.29) is 6.42 Å². The maximum absolute atomic E-state index is 11.0. The lowest BCUT2D eigenvalue weighted by molar-refractivity contribution is -0.155. The Bertz CT molecular complexity index is 290. The summed E-state index contributed by atoms with van der Waals surface area (Å²) in [5, 5.41) is 19.4. The molecule has 1 rings (SSSR count). The van der Waals surface area contributed by atoms with Gasteiger partial charge in [-0.05, 0) is 6.42 Å². The minimum Gasteiger partial charge on any atom is -0.481 e. The van der Waals surface area contributed by atoms with Crippen molar-refractivity contribution in [1.29, 1.82) is 0 Å². The van der Waals surface area contributed by atoms with Crippen molar-refractivity contribution in [3.8, 4) is 0 Å². The van der Waals surface area contributed by atoms with Crippen LogP contribution in [0.1, 0.15) is 6.42 Å². The van der Waals surface area contributed by atoms with E-state index in [9.17, 15) is 14.4 Å². The molecule has 1 heterocycles. The highest BCUT2D eigenvalue weighted by Gasteiger charge is 2.41. The number of carboxylic acid groups (broad SMARTS) is 2. The Labute approximate surface area is 78.9 Å². The number of carboxylic acids is 2. The average molecular weight is 202 g/mol. The standard InChI is InChI=1S/C7H10N2O5/c8-3-1-2(6(11)12)4(7(13)14)9-5(3)10/h2-4H,1,8H2,(H,9,10)(H,11,12)(H,13,14). The van der Waals surface area contributed by atoms with Crippen molar-refractivity contribution in [2.75, 3.05) is 0 Å². The van der Waals surface area contributed by atoms with Crippen molar-refractivity contribution >= 4 is 17.8 Å². The largest absolute Gasteiger partial charge is 0.481 e. The first-order chi connectivity index (χ1) is 6.43. The van der Waals surface area contributed by atoms with Gasteiger partial charge in [-0.2, -0.15) is 0 Å². The average Bonchev–Trinajstić information content (AvgIpc) is 2.08. The van der Waals surface area contributed by atoms with Crippen molar-refractivity contribution in [3.63, 3.8) is 0 Å². The van der Waals surface area contributed by atoms with Crippen molar-refractivity contribution < 1.29 is 24.6 Å². The third-order valence-corrected chi connectivity index (χ3v) is 2.13. The second kappa shape index (κ2) is 3.62. The number of piperidine rings is 1. The minimum absolute atomic E-state index is 0.155. The molecule has 3 atom stereocenters. The molecule has 5 N–H and O–H groups in total. The number of rotatable bonds is 2. The van der Waals surface area contributed by atoms with Gasteiger partial charge in [0.25, 0.3) is 0 Å². The molecule has 0 aromatic heterocycles. The number of aliphatic carboxylic acids is 2. The van der Waals surface area contributed by atoms with Gasteiger partial charge in [0.05, 0.1) is 12.0 Å². The zero-order valence-corrected chi connectivity index (χ0v) is 7.14. The third-order valence-electron chi connectivity index (χ3n) is 2.13. The number of nitrogens with one attached hydrogen (secondary N) is 1. The lowest BCUT2D eigenvalue weighted by Gasteiger charge is -2.29. The lowest BCUT2D eigenvalue weighted by atomic mass is 9.88. The van der Waals surface area contributed by atoms with E-state index in [1.165, 1.54) is 0 Å². The second-order valence-corrected chi connectivity index (χ2v) is 3.11. The summed E-state index contributed by atoms with van der Waals surface area (Å²) in [4.78, 5) is 32.2. The van der Waals surface area contributed by atoms with Crippen LogP contribution in [0.3, 0.4) is 0 Å². The van der Waals surface area contributed by atoms with Crippen LogP contribution in [0.2, 0.25) is 0 Å². The van der Waals surface area contributed by atoms with Crippen molar-refractivity contribution in [2.24, 2.45) is 11.7 Å². The molecule has 1 fully saturated rings. The van der Waals surface area contributed by atoms with E-state index < -0.39 is 35.8 Å². The van der Waals surface area contributed by atoms with Crippen LogP contribution in [0.25, 0.3) is 0 Å². The molecule has 3 unspecified atom stereocenters. The van der Waals surface area contributed by atoms with E-state index in [0.717, 1.165) is 0 Å². The lowest BCUT2D eigenvalue weighted by Crippen LogP contribution is -2.59. The van der Waals surface area contributed by atoms with Gasteiger partial charge in [-0.1, -0.05) is 0 Å². The monoisotopic (exact) mass is 202 g/mol. The maximum atomic E-state index is 11.0. The summed E-state index contributed by atoms with van der Waals surface area (Å²) in [7, 11) is 0. The molecule has 0 aromatic rings. The Hall–Kier alpha value is -1.63. The zero-order chi connectivity index (χ0) is 10.9. The third kappa shape index (κ3) is 1.82. The number of carbonyl (C=O) groups excluding carboxylic acids is 1. The predicted octanol–water partition coefficient (Wildman–Crippen LogP) is -2.01. The summed E-state index contributed by atoms with van der Waals surface area (Å²) in [5.41, 5.74) is 5.30. The number of hydrogen-bond donors (Lipinski definition) is 4. The molecule has 0 radical (unpaired) electrons. The molecule has 0 aromatic carbocycles. The Kier molecular flexibility index (Phi) is 2.70. The van der Waals surface area contributed by atoms with Crippen LogP contribution in [0.15, 0.2) is 0 Å². The van der Waals surface area contributed by atoms with E-state index in [2.05, 4.69) is 5.32 Å². The summed E-state index contributed by atoms with van der Waals surface area (Å²) in [6.45, 7) is 0. The number of hydrogen-bond acceptors (Lipinski definition) is 4. The molecule has 7 nitrogen and oxygen atoms in total. The Morgan fingerprint density at radius 3 is 2.36 bits per heavy atom. The van der Waals surface area contributed by atoms with Crippen LogP contribution in [-0.4, -0.2) is 40.1 Å². The highest BCUT2D eigenvalue weighted by atomic mass is 16.4. The van der Waals surface area contributed by atoms with Gasteiger partial charge in [0.1, 0.15) is 6.04 Å². The first kappa shape index (κ1) is 10.5. The Balaban J connectivity index is 2.85. The molecule has 1 aliphatic heterocycles. The molecule has 0 saturated carbocycles. The van der Waals surface area contributed by atoms with Crippen LogP contribution in [0.4, 0.5) is 0 Å². The maximum Gasteiger partial charge on any atom is 0.327 e. The molecule has 1 saturated heterocycles. The van der Waals surface area contributed by atoms with E-state index >= 15 is 0 Å². The zero-order valence-electron chi connectivity index (χ0n) is 7.14. The van der Waals surface area contributed by atoms with E-state index in [4.69, 9.17) is 15.9 Å². The first-order valence-electron chi connectivity index (χ1n) is 3.95. The van der Waals surface area contributed by atoms with Gasteiger partial charge in [0, 0.05) is 0 Å². The summed E-state index contributed by atoms with van der Waals surface area (Å²) < 4.78 is 0. The molecule has 78 valence electrons. The normalized spacial score (nSPS) is 32.1. The Morgan fingerprint density at radius 2 is 1.93 bits per heavy atom. The highest BCUT2D eigenvalue weighted by Crippen LogP contribution is 2.17. The van der Waals surface area contributed by atoms with Crippen LogP contribution < -0.4 is 11.1 Å². The fourth-order valence-electron chi connectivity index (χ4n) is 1.35. The van der Waals surface area contributed by atoms with Crippen LogP contribution in [-0.2, 0) is 14.4 Å². The summed E-state index contributed by atoms with van der Waals surface area (Å²) in [5.74, 6) is -4.43. The molecule has 1 aliphatic rings. The van der Waals surface area contributed by atoms with Crippen molar-refractivity contribution in [2.45, 2.75) is 18.5 Å². The second-order valence-electron chi connectivity index (χ2n) is 3.11. The molecule has 7 heteroatoms. The molecular weight excluding hydrogens is 192 g/mol. The topological polar surface area (TPSA) is 130 Å². The number of carbonyl (C=O) groups is 3. The van der Waals surface area contributed by atoms with Crippen LogP contribution in [0.5, 0.6) is 0 Å². The van der Waals surface area contributed by atoms with Gasteiger partial charge in [-0.25, -0.2) is 4.79 Å². The van der Waals surface area contributed by atoms with Gasteiger partial charge >= 0.3 is 11.9 Å². The first-order valence-corrected chi connectivity index (χ1v) is 3.95. The van der Waals surface area contributed by atoms with Gasteiger partial charge in [-0.15, -0.1) is 0 Å². The summed E-state index contributed by atoms with van der Waals surface area (Å²) in [6.07, 6.45) is -0.155. The van der Waals surface area contributed by atoms with E-state index in [1.807, 2.05) is 0 Å². The van der Waals surface area contributed by atoms with Gasteiger partial charge in [-0.3, -0.25) is 9.59 Å². The predicted molar refractivity (Wildman–Crippen MR) is 43.3 cm³/mol. The molecule has 0 bridgehead atoms. The molecule has 0 spiro atoms. The summed E-state index contributed by atoms with van der Waals surface area (Å²) in [6, 6.07) is -2.34. The number of nitrogens with two attached hydrogens (primary N) is 1. The Morgan fingerprint density at radius 1 is 1.36 bits per heavy atom. The smallest absolute Gasteiger partial charge is 0.327 e. The SMILES string of the molecule is NC1CC(C(=O)O)C(C(=O)O)NC1=O. The van der Waals surface area contributed by atoms with Gasteiger partial charge < -0.3 is 21.3 Å². The van der Waals surface area contributed by atoms with Crippen molar-refractivity contribution in [3.05, 3.63) is 0 Å². The van der Waals surface area contributed by atoms with Crippen LogP contribution in [0, 0.1) is 5.92 Å². The molecule has 14 heavy (non-hydrogen) atoms. The molecule has 1 amide bonds. The molecule has 0 aliphatic carbocycles. The molecular formula is C7H10N2O5. The van der Waals surface area contributed by atoms with Crippen LogP contribution >= 0.6 is 0 Å². The fraction of sp³-hybridized carbons (Fsp3) is 0.571. The highest BCUT2D eigenvalue weighted by molar-refractivity contribution is 5.92. The minimum atomic E-state index is -1.39.